The summed E-state index contributed by atoms with van der Waals surface area (Å²) in [4.78, 5) is 13.3. The summed E-state index contributed by atoms with van der Waals surface area (Å²) in [6, 6.07) is 0.0125. The van der Waals surface area contributed by atoms with Crippen LogP contribution in [0, 0.1) is 5.41 Å². The molecule has 0 aromatic carbocycles. The topological polar surface area (TPSA) is 148 Å². The minimum absolute atomic E-state index is 0.0125. The van der Waals surface area contributed by atoms with Crippen LogP contribution in [0.1, 0.15) is 6.23 Å². The van der Waals surface area contributed by atoms with Gasteiger partial charge in [-0.1, -0.05) is 0 Å². The number of fused-ring (bicyclic) bond motifs is 1. The number of aliphatic hydroxyl groups is 3. The van der Waals surface area contributed by atoms with Gasteiger partial charge in [0.25, 0.3) is 0 Å². The van der Waals surface area contributed by atoms with Crippen LogP contribution in [0.2, 0.25) is 0 Å². The van der Waals surface area contributed by atoms with Crippen LogP contribution in [-0.2, 0) is 4.74 Å². The summed E-state index contributed by atoms with van der Waals surface area (Å²) in [5.41, 5.74) is 0.320. The first-order valence-electron chi connectivity index (χ1n) is 6.78. The second kappa shape index (κ2) is 5.77. The van der Waals surface area contributed by atoms with Crippen molar-refractivity contribution >= 4 is 11.2 Å². The molecule has 0 unspecified atom stereocenters. The Morgan fingerprint density at radius 2 is 2.09 bits per heavy atom. The van der Waals surface area contributed by atoms with E-state index in [2.05, 4.69) is 9.97 Å². The lowest BCUT2D eigenvalue weighted by Gasteiger charge is -2.17. The molecule has 1 aliphatic heterocycles. The first-order valence-corrected chi connectivity index (χ1v) is 6.78. The Bertz CT molecular complexity index is 773. The van der Waals surface area contributed by atoms with Crippen LogP contribution < -0.4 is 15.1 Å². The number of hydrogen-bond donors (Lipinski definition) is 4. The molecule has 1 aliphatic rings. The predicted octanol–water partition coefficient (Wildman–Crippen LogP) is -2.61. The predicted molar refractivity (Wildman–Crippen MR) is 73.4 cm³/mol. The zero-order chi connectivity index (χ0) is 16.7. The number of aliphatic hydroxyl groups excluding tert-OH is 3. The molecule has 0 amide bonds. The zero-order valence-corrected chi connectivity index (χ0v) is 12.4. The molecular formula is C12H17N5O6. The number of imidazole rings is 1. The Morgan fingerprint density at radius 3 is 2.65 bits per heavy atom. The van der Waals surface area contributed by atoms with E-state index in [1.807, 2.05) is 0 Å². The normalized spacial score (nSPS) is 27.5. The standard InChI is InChI=1S/C12H17N5O6/c1-21-12-15-10-6(9(13)17(12)22-2)14-4-16(10)11-8(20)7(19)5(3-18)23-11/h4-5,7-8,11,13,18-20H,3H2,1-2H3/t5-,7-,8-,11-/m1/s1. The summed E-state index contributed by atoms with van der Waals surface area (Å²) >= 11 is 0. The lowest BCUT2D eigenvalue weighted by Crippen LogP contribution is -2.33. The summed E-state index contributed by atoms with van der Waals surface area (Å²) in [5, 5.41) is 37.2. The Labute approximate surface area is 129 Å². The number of methoxy groups -OCH3 is 1. The minimum Gasteiger partial charge on any atom is -0.466 e. The molecular weight excluding hydrogens is 310 g/mol. The third kappa shape index (κ3) is 2.25. The van der Waals surface area contributed by atoms with Crippen LogP contribution in [0.15, 0.2) is 6.33 Å². The van der Waals surface area contributed by atoms with Crippen LogP contribution in [0.25, 0.3) is 11.2 Å². The van der Waals surface area contributed by atoms with Gasteiger partial charge < -0.3 is 29.6 Å². The SMILES string of the molecule is COc1nc2c(ncn2[C@@H]2O[C@H](CO)[C@@H](O)[C@H]2O)c(=N)n1OC. The number of hydrogen-bond acceptors (Lipinski definition) is 9. The van der Waals surface area contributed by atoms with Crippen molar-refractivity contribution in [3.8, 4) is 6.01 Å². The number of nitrogens with one attached hydrogen (secondary N) is 1. The highest BCUT2D eigenvalue weighted by molar-refractivity contribution is 5.69. The average molecular weight is 327 g/mol. The number of nitrogens with zero attached hydrogens (tertiary/aromatic N) is 4. The molecule has 11 nitrogen and oxygen atoms in total. The molecule has 126 valence electrons. The Kier molecular flexibility index (Phi) is 3.93. The summed E-state index contributed by atoms with van der Waals surface area (Å²) < 4.78 is 13.0. The van der Waals surface area contributed by atoms with Crippen molar-refractivity contribution in [2.75, 3.05) is 20.8 Å². The molecule has 4 N–H and O–H groups in total. The smallest absolute Gasteiger partial charge is 0.334 e. The molecule has 3 heterocycles. The molecule has 2 aromatic rings. The van der Waals surface area contributed by atoms with Gasteiger partial charge in [0, 0.05) is 0 Å². The van der Waals surface area contributed by atoms with Crippen molar-refractivity contribution < 1.29 is 29.6 Å². The molecule has 4 atom stereocenters. The van der Waals surface area contributed by atoms with Crippen molar-refractivity contribution in [2.45, 2.75) is 24.5 Å². The number of aromatic nitrogens is 4. The van der Waals surface area contributed by atoms with Crippen molar-refractivity contribution in [3.63, 3.8) is 0 Å². The van der Waals surface area contributed by atoms with Crippen LogP contribution in [0.3, 0.4) is 0 Å². The fraction of sp³-hybridized carbons (Fsp3) is 0.583. The Hall–Kier alpha value is -2.21. The monoisotopic (exact) mass is 327 g/mol. The highest BCUT2D eigenvalue weighted by atomic mass is 16.7. The molecule has 3 rings (SSSR count). The van der Waals surface area contributed by atoms with E-state index in [1.165, 1.54) is 25.1 Å². The van der Waals surface area contributed by atoms with E-state index in [4.69, 9.17) is 19.7 Å². The third-order valence-corrected chi connectivity index (χ3v) is 3.73. The summed E-state index contributed by atoms with van der Waals surface area (Å²) in [5.74, 6) is 0. The lowest BCUT2D eigenvalue weighted by atomic mass is 10.1. The number of rotatable bonds is 4. The number of ether oxygens (including phenoxy) is 2. The van der Waals surface area contributed by atoms with Gasteiger partial charge in [-0.3, -0.25) is 9.98 Å². The summed E-state index contributed by atoms with van der Waals surface area (Å²) in [6.45, 7) is -0.439. The van der Waals surface area contributed by atoms with Crippen LogP contribution in [-0.4, -0.2) is 73.7 Å². The largest absolute Gasteiger partial charge is 0.466 e. The maximum atomic E-state index is 10.1. The average Bonchev–Trinajstić information content (AvgIpc) is 3.09. The summed E-state index contributed by atoms with van der Waals surface area (Å²) in [7, 11) is 2.73. The van der Waals surface area contributed by atoms with Gasteiger partial charge in [-0.25, -0.2) is 4.98 Å². The van der Waals surface area contributed by atoms with Crippen molar-refractivity contribution in [1.29, 1.82) is 5.41 Å². The molecule has 0 bridgehead atoms. The van der Waals surface area contributed by atoms with E-state index in [1.54, 1.807) is 0 Å². The van der Waals surface area contributed by atoms with Gasteiger partial charge in [-0.05, 0) is 0 Å². The lowest BCUT2D eigenvalue weighted by molar-refractivity contribution is -0.0511. The molecule has 0 aliphatic carbocycles. The molecule has 11 heteroatoms. The van der Waals surface area contributed by atoms with E-state index >= 15 is 0 Å². The van der Waals surface area contributed by atoms with E-state index in [-0.39, 0.29) is 22.7 Å². The highest BCUT2D eigenvalue weighted by Gasteiger charge is 2.44. The van der Waals surface area contributed by atoms with E-state index in [9.17, 15) is 15.3 Å². The second-order valence-electron chi connectivity index (χ2n) is 4.98. The van der Waals surface area contributed by atoms with Crippen LogP contribution in [0.4, 0.5) is 0 Å². The van der Waals surface area contributed by atoms with Crippen molar-refractivity contribution in [1.82, 2.24) is 19.3 Å². The Morgan fingerprint density at radius 1 is 1.35 bits per heavy atom. The van der Waals surface area contributed by atoms with Gasteiger partial charge in [0.15, 0.2) is 22.9 Å². The Balaban J connectivity index is 2.13. The first kappa shape index (κ1) is 15.7. The molecule has 1 fully saturated rings. The third-order valence-electron chi connectivity index (χ3n) is 3.73. The molecule has 2 aromatic heterocycles. The highest BCUT2D eigenvalue weighted by Crippen LogP contribution is 2.31. The maximum absolute atomic E-state index is 10.1. The second-order valence-corrected chi connectivity index (χ2v) is 4.98. The molecule has 23 heavy (non-hydrogen) atoms. The molecule has 1 saturated heterocycles. The van der Waals surface area contributed by atoms with Crippen LogP contribution in [0.5, 0.6) is 6.01 Å². The summed E-state index contributed by atoms with van der Waals surface area (Å²) in [6.07, 6.45) is -3.11. The van der Waals surface area contributed by atoms with Crippen molar-refractivity contribution in [3.05, 3.63) is 11.8 Å². The molecule has 0 radical (unpaired) electrons. The van der Waals surface area contributed by atoms with Crippen LogP contribution >= 0.6 is 0 Å². The maximum Gasteiger partial charge on any atom is 0.334 e. The zero-order valence-electron chi connectivity index (χ0n) is 12.4. The molecule has 0 spiro atoms. The van der Waals surface area contributed by atoms with Gasteiger partial charge >= 0.3 is 6.01 Å². The van der Waals surface area contributed by atoms with Gasteiger partial charge in [0.05, 0.1) is 20.0 Å². The van der Waals surface area contributed by atoms with Crippen molar-refractivity contribution in [2.24, 2.45) is 0 Å². The fourth-order valence-corrected chi connectivity index (χ4v) is 2.55. The van der Waals surface area contributed by atoms with Gasteiger partial charge in [0.1, 0.15) is 25.4 Å². The van der Waals surface area contributed by atoms with E-state index in [0.717, 1.165) is 4.73 Å². The first-order chi connectivity index (χ1) is 11.0. The minimum atomic E-state index is -1.28. The van der Waals surface area contributed by atoms with Gasteiger partial charge in [0.2, 0.25) is 0 Å². The fourth-order valence-electron chi connectivity index (χ4n) is 2.55. The molecule has 0 saturated carbocycles. The quantitative estimate of drug-likeness (QED) is 0.477. The van der Waals surface area contributed by atoms with Gasteiger partial charge in [-0.15, -0.1) is 4.73 Å². The van der Waals surface area contributed by atoms with Gasteiger partial charge in [-0.2, -0.15) is 4.98 Å². The van der Waals surface area contributed by atoms with E-state index in [0.29, 0.717) is 0 Å². The van der Waals surface area contributed by atoms with E-state index < -0.39 is 31.1 Å².